The van der Waals surface area contributed by atoms with Crippen LogP contribution in [0.25, 0.3) is 0 Å². The summed E-state index contributed by atoms with van der Waals surface area (Å²) in [5.74, 6) is -1.01. The third kappa shape index (κ3) is 3.65. The van der Waals surface area contributed by atoms with Crippen LogP contribution in [0.3, 0.4) is 0 Å². The molecule has 21 heavy (non-hydrogen) atoms. The third-order valence-corrected chi connectivity index (χ3v) is 3.41. The monoisotopic (exact) mass is 327 g/mol. The van der Waals surface area contributed by atoms with E-state index >= 15 is 0 Å². The zero-order valence-corrected chi connectivity index (χ0v) is 12.6. The summed E-state index contributed by atoms with van der Waals surface area (Å²) in [4.78, 5) is 11.7. The van der Waals surface area contributed by atoms with Crippen LogP contribution in [-0.4, -0.2) is 13.1 Å². The molecule has 0 atom stereocenters. The zero-order chi connectivity index (χ0) is 15.4. The van der Waals surface area contributed by atoms with E-state index in [1.165, 1.54) is 19.2 Å². The van der Waals surface area contributed by atoms with E-state index in [2.05, 4.69) is 5.32 Å². The minimum Gasteiger partial charge on any atom is -0.465 e. The zero-order valence-electron chi connectivity index (χ0n) is 11.1. The van der Waals surface area contributed by atoms with Gasteiger partial charge in [0.15, 0.2) is 0 Å². The molecule has 0 saturated carbocycles. The number of anilines is 1. The lowest BCUT2D eigenvalue weighted by molar-refractivity contribution is 0.0602. The number of carbonyl (C=O) groups is 1. The van der Waals surface area contributed by atoms with Gasteiger partial charge in [0.2, 0.25) is 0 Å². The molecule has 0 aliphatic rings. The first-order chi connectivity index (χ1) is 10.0. The molecule has 6 heteroatoms. The first kappa shape index (κ1) is 15.6. The fraction of sp³-hybridized carbons (Fsp3) is 0.133. The van der Waals surface area contributed by atoms with E-state index in [4.69, 9.17) is 27.9 Å². The predicted molar refractivity (Wildman–Crippen MR) is 81.5 cm³/mol. The summed E-state index contributed by atoms with van der Waals surface area (Å²) in [5.41, 5.74) is 1.19. The van der Waals surface area contributed by atoms with Crippen molar-refractivity contribution in [2.24, 2.45) is 0 Å². The van der Waals surface area contributed by atoms with E-state index in [1.54, 1.807) is 24.3 Å². The smallest absolute Gasteiger partial charge is 0.340 e. The number of hydrogen-bond acceptors (Lipinski definition) is 3. The van der Waals surface area contributed by atoms with Gasteiger partial charge in [0.25, 0.3) is 0 Å². The van der Waals surface area contributed by atoms with Crippen molar-refractivity contribution in [1.82, 2.24) is 0 Å². The van der Waals surface area contributed by atoms with Gasteiger partial charge >= 0.3 is 5.97 Å². The first-order valence-corrected chi connectivity index (χ1v) is 6.83. The molecule has 0 aliphatic carbocycles. The summed E-state index contributed by atoms with van der Waals surface area (Å²) in [5, 5.41) is 3.45. The molecule has 0 radical (unpaired) electrons. The van der Waals surface area contributed by atoms with Gasteiger partial charge in [-0.2, -0.15) is 0 Å². The number of methoxy groups -OCH3 is 1. The molecule has 0 heterocycles. The van der Waals surface area contributed by atoms with E-state index in [9.17, 15) is 9.18 Å². The molecule has 3 nitrogen and oxygen atoms in total. The van der Waals surface area contributed by atoms with Gasteiger partial charge in [0, 0.05) is 22.8 Å². The van der Waals surface area contributed by atoms with E-state index < -0.39 is 11.8 Å². The lowest BCUT2D eigenvalue weighted by Gasteiger charge is -2.12. The van der Waals surface area contributed by atoms with Crippen molar-refractivity contribution >= 4 is 34.9 Å². The highest BCUT2D eigenvalue weighted by molar-refractivity contribution is 6.31. The molecule has 0 spiro atoms. The number of halogens is 3. The molecule has 0 aromatic heterocycles. The number of hydrogen-bond donors (Lipinski definition) is 1. The summed E-state index contributed by atoms with van der Waals surface area (Å²) in [6.45, 7) is 0.179. The van der Waals surface area contributed by atoms with Crippen LogP contribution >= 0.6 is 23.2 Å². The van der Waals surface area contributed by atoms with E-state index in [0.29, 0.717) is 16.3 Å². The lowest BCUT2D eigenvalue weighted by Crippen LogP contribution is -2.09. The van der Waals surface area contributed by atoms with Crippen LogP contribution in [0.4, 0.5) is 10.1 Å². The second-order valence-electron chi connectivity index (χ2n) is 4.25. The topological polar surface area (TPSA) is 38.3 Å². The summed E-state index contributed by atoms with van der Waals surface area (Å²) >= 11 is 11.6. The number of ether oxygens (including phenoxy) is 1. The highest BCUT2D eigenvalue weighted by atomic mass is 35.5. The van der Waals surface area contributed by atoms with Crippen LogP contribution < -0.4 is 5.32 Å². The van der Waals surface area contributed by atoms with Crippen molar-refractivity contribution in [3.8, 4) is 0 Å². The molecular weight excluding hydrogens is 316 g/mol. The molecule has 2 rings (SSSR count). The molecular formula is C15H12Cl2FNO2. The number of benzene rings is 2. The molecule has 0 unspecified atom stereocenters. The maximum absolute atomic E-state index is 13.8. The van der Waals surface area contributed by atoms with Crippen molar-refractivity contribution in [2.45, 2.75) is 6.54 Å². The highest BCUT2D eigenvalue weighted by Gasteiger charge is 2.13. The van der Waals surface area contributed by atoms with Crippen LogP contribution in [0.1, 0.15) is 15.9 Å². The van der Waals surface area contributed by atoms with Gasteiger partial charge in [-0.05, 0) is 24.3 Å². The Morgan fingerprint density at radius 1 is 1.29 bits per heavy atom. The molecule has 1 N–H and O–H groups in total. The van der Waals surface area contributed by atoms with Crippen LogP contribution in [0.5, 0.6) is 0 Å². The predicted octanol–water partition coefficient (Wildman–Crippen LogP) is 4.53. The lowest BCUT2D eigenvalue weighted by atomic mass is 10.1. The largest absolute Gasteiger partial charge is 0.465 e. The van der Waals surface area contributed by atoms with Crippen LogP contribution in [0.15, 0.2) is 36.4 Å². The van der Waals surface area contributed by atoms with Crippen molar-refractivity contribution in [3.05, 3.63) is 63.4 Å². The first-order valence-electron chi connectivity index (χ1n) is 6.07. The van der Waals surface area contributed by atoms with Crippen molar-refractivity contribution in [3.63, 3.8) is 0 Å². The van der Waals surface area contributed by atoms with Gasteiger partial charge in [-0.25, -0.2) is 9.18 Å². The Bertz CT molecular complexity index is 677. The third-order valence-electron chi connectivity index (χ3n) is 2.89. The van der Waals surface area contributed by atoms with Crippen LogP contribution in [0.2, 0.25) is 10.0 Å². The van der Waals surface area contributed by atoms with E-state index in [1.807, 2.05) is 0 Å². The summed E-state index contributed by atoms with van der Waals surface area (Å²) in [6, 6.07) is 9.50. The Hall–Kier alpha value is -1.78. The Balaban J connectivity index is 2.24. The maximum atomic E-state index is 13.8. The fourth-order valence-electron chi connectivity index (χ4n) is 1.82. The number of carbonyl (C=O) groups excluding carboxylic acids is 1. The quantitative estimate of drug-likeness (QED) is 0.838. The Morgan fingerprint density at radius 3 is 2.76 bits per heavy atom. The van der Waals surface area contributed by atoms with Gasteiger partial charge in [-0.15, -0.1) is 0 Å². The Kier molecular flexibility index (Phi) is 5.04. The fourth-order valence-corrected chi connectivity index (χ4v) is 2.19. The van der Waals surface area contributed by atoms with E-state index in [0.717, 1.165) is 0 Å². The van der Waals surface area contributed by atoms with Crippen LogP contribution in [0, 0.1) is 5.82 Å². The minimum absolute atomic E-state index is 0.0543. The standard InChI is InChI=1S/C15H12Cl2FNO2/c1-21-15(20)11-7-10(16)5-6-13(11)19-8-9-3-2-4-12(17)14(9)18/h2-7,19H,8H2,1H3. The van der Waals surface area contributed by atoms with Crippen molar-refractivity contribution in [1.29, 1.82) is 0 Å². The molecule has 0 aliphatic heterocycles. The van der Waals surface area contributed by atoms with Gasteiger partial charge in [-0.1, -0.05) is 35.3 Å². The van der Waals surface area contributed by atoms with Crippen LogP contribution in [-0.2, 0) is 11.3 Å². The molecule has 0 fully saturated rings. The number of rotatable bonds is 4. The normalized spacial score (nSPS) is 10.3. The molecule has 2 aromatic carbocycles. The molecule has 0 amide bonds. The SMILES string of the molecule is COC(=O)c1cc(Cl)ccc1NCc1cccc(Cl)c1F. The van der Waals surface area contributed by atoms with Gasteiger partial charge in [-0.3, -0.25) is 0 Å². The molecule has 110 valence electrons. The molecule has 0 saturated heterocycles. The number of nitrogens with one attached hydrogen (secondary N) is 1. The highest BCUT2D eigenvalue weighted by Crippen LogP contribution is 2.23. The van der Waals surface area contributed by atoms with Gasteiger partial charge < -0.3 is 10.1 Å². The Morgan fingerprint density at radius 2 is 2.05 bits per heavy atom. The summed E-state index contributed by atoms with van der Waals surface area (Å²) in [6.07, 6.45) is 0. The maximum Gasteiger partial charge on any atom is 0.340 e. The summed E-state index contributed by atoms with van der Waals surface area (Å²) < 4.78 is 18.5. The van der Waals surface area contributed by atoms with Crippen molar-refractivity contribution in [2.75, 3.05) is 12.4 Å². The second kappa shape index (κ2) is 6.78. The number of esters is 1. The average molecular weight is 328 g/mol. The van der Waals surface area contributed by atoms with E-state index in [-0.39, 0.29) is 17.1 Å². The van der Waals surface area contributed by atoms with Crippen molar-refractivity contribution < 1.29 is 13.9 Å². The Labute approximate surface area is 131 Å². The second-order valence-corrected chi connectivity index (χ2v) is 5.09. The minimum atomic E-state index is -0.522. The van der Waals surface area contributed by atoms with Gasteiger partial charge in [0.05, 0.1) is 17.7 Å². The molecule has 0 bridgehead atoms. The van der Waals surface area contributed by atoms with Gasteiger partial charge in [0.1, 0.15) is 5.82 Å². The molecule has 2 aromatic rings. The average Bonchev–Trinajstić information content (AvgIpc) is 2.49. The summed E-state index contributed by atoms with van der Waals surface area (Å²) in [7, 11) is 1.28.